The molecule has 2 rings (SSSR count). The quantitative estimate of drug-likeness (QED) is 0.856. The summed E-state index contributed by atoms with van der Waals surface area (Å²) in [6, 6.07) is 8.30. The van der Waals surface area contributed by atoms with E-state index in [4.69, 9.17) is 4.74 Å². The molecule has 1 aliphatic rings. The van der Waals surface area contributed by atoms with Crippen molar-refractivity contribution >= 4 is 5.69 Å². The first-order valence-electron chi connectivity index (χ1n) is 7.27. The van der Waals surface area contributed by atoms with Crippen molar-refractivity contribution in [1.82, 2.24) is 0 Å². The second-order valence-corrected chi connectivity index (χ2v) is 5.81. The van der Waals surface area contributed by atoms with Gasteiger partial charge in [-0.3, -0.25) is 0 Å². The monoisotopic (exact) mass is 263 g/mol. The van der Waals surface area contributed by atoms with Crippen LogP contribution in [-0.4, -0.2) is 31.4 Å². The van der Waals surface area contributed by atoms with Crippen LogP contribution in [0.4, 0.5) is 5.69 Å². The minimum absolute atomic E-state index is 0.293. The maximum Gasteiger partial charge on any atom is 0.121 e. The third kappa shape index (κ3) is 4.13. The minimum atomic E-state index is 0.293. The Labute approximate surface area is 116 Å². The Morgan fingerprint density at radius 1 is 1.42 bits per heavy atom. The number of rotatable bonds is 6. The summed E-state index contributed by atoms with van der Waals surface area (Å²) in [4.78, 5) is 2.33. The van der Waals surface area contributed by atoms with Gasteiger partial charge in [-0.15, -0.1) is 0 Å². The smallest absolute Gasteiger partial charge is 0.121 e. The molecular formula is C16H25NO2. The van der Waals surface area contributed by atoms with Gasteiger partial charge in [-0.2, -0.15) is 0 Å². The molecule has 1 atom stereocenters. The van der Waals surface area contributed by atoms with E-state index in [2.05, 4.69) is 30.9 Å². The Balaban J connectivity index is 1.92. The van der Waals surface area contributed by atoms with Gasteiger partial charge in [0.15, 0.2) is 0 Å². The molecule has 1 unspecified atom stereocenters. The lowest BCUT2D eigenvalue weighted by Crippen LogP contribution is -2.20. The predicted molar refractivity (Wildman–Crippen MR) is 78.8 cm³/mol. The summed E-state index contributed by atoms with van der Waals surface area (Å²) in [5.74, 6) is 2.04. The summed E-state index contributed by atoms with van der Waals surface area (Å²) in [7, 11) is 0. The molecular weight excluding hydrogens is 238 g/mol. The van der Waals surface area contributed by atoms with E-state index >= 15 is 0 Å². The molecule has 0 saturated carbocycles. The van der Waals surface area contributed by atoms with Crippen molar-refractivity contribution in [3.05, 3.63) is 24.3 Å². The van der Waals surface area contributed by atoms with Crippen LogP contribution in [0.5, 0.6) is 5.75 Å². The average Bonchev–Trinajstić information content (AvgIpc) is 2.87. The van der Waals surface area contributed by atoms with E-state index in [1.54, 1.807) is 0 Å². The van der Waals surface area contributed by atoms with Crippen LogP contribution in [0, 0.1) is 11.8 Å². The number of aliphatic hydroxyl groups is 1. The first-order valence-corrected chi connectivity index (χ1v) is 7.27. The molecule has 0 aromatic heterocycles. The van der Waals surface area contributed by atoms with Crippen LogP contribution in [-0.2, 0) is 0 Å². The van der Waals surface area contributed by atoms with Crippen molar-refractivity contribution in [2.45, 2.75) is 26.7 Å². The molecule has 1 aliphatic heterocycles. The minimum Gasteiger partial charge on any atom is -0.494 e. The van der Waals surface area contributed by atoms with Crippen molar-refractivity contribution in [3.8, 4) is 5.75 Å². The molecule has 1 aromatic rings. The van der Waals surface area contributed by atoms with E-state index in [-0.39, 0.29) is 0 Å². The number of ether oxygens (including phenoxy) is 1. The van der Waals surface area contributed by atoms with Gasteiger partial charge in [-0.05, 0) is 30.9 Å². The Bertz CT molecular complexity index is 392. The highest BCUT2D eigenvalue weighted by Gasteiger charge is 2.21. The maximum absolute atomic E-state index is 9.20. The number of benzene rings is 1. The number of hydrogen-bond acceptors (Lipinski definition) is 3. The number of hydrogen-bond donors (Lipinski definition) is 1. The Hall–Kier alpha value is -1.22. The average molecular weight is 263 g/mol. The zero-order chi connectivity index (χ0) is 13.7. The fraction of sp³-hybridized carbons (Fsp3) is 0.625. The van der Waals surface area contributed by atoms with Crippen LogP contribution in [0.15, 0.2) is 24.3 Å². The van der Waals surface area contributed by atoms with Crippen LogP contribution >= 0.6 is 0 Å². The molecule has 1 N–H and O–H groups in total. The molecule has 1 heterocycles. The first kappa shape index (κ1) is 14.2. The maximum atomic E-state index is 9.20. The normalized spacial score (nSPS) is 19.2. The van der Waals surface area contributed by atoms with Crippen molar-refractivity contribution in [3.63, 3.8) is 0 Å². The van der Waals surface area contributed by atoms with Crippen LogP contribution in [0.1, 0.15) is 26.7 Å². The van der Waals surface area contributed by atoms with Gasteiger partial charge in [0.25, 0.3) is 0 Å². The fourth-order valence-electron chi connectivity index (χ4n) is 2.40. The summed E-state index contributed by atoms with van der Waals surface area (Å²) in [6.45, 7) is 7.46. The van der Waals surface area contributed by atoms with E-state index < -0.39 is 0 Å². The lowest BCUT2D eigenvalue weighted by atomic mass is 10.1. The van der Waals surface area contributed by atoms with Gasteiger partial charge in [-0.25, -0.2) is 0 Å². The van der Waals surface area contributed by atoms with E-state index in [9.17, 15) is 5.11 Å². The van der Waals surface area contributed by atoms with E-state index in [1.165, 1.54) is 5.69 Å². The Morgan fingerprint density at radius 3 is 2.95 bits per heavy atom. The largest absolute Gasteiger partial charge is 0.494 e. The highest BCUT2D eigenvalue weighted by molar-refractivity contribution is 5.51. The zero-order valence-electron chi connectivity index (χ0n) is 12.0. The van der Waals surface area contributed by atoms with Gasteiger partial charge >= 0.3 is 0 Å². The molecule has 0 spiro atoms. The molecule has 3 nitrogen and oxygen atoms in total. The lowest BCUT2D eigenvalue weighted by molar-refractivity contribution is 0.238. The molecule has 0 amide bonds. The second kappa shape index (κ2) is 6.80. The van der Waals surface area contributed by atoms with Crippen molar-refractivity contribution in [2.24, 2.45) is 11.8 Å². The highest BCUT2D eigenvalue weighted by Crippen LogP contribution is 2.26. The third-order valence-corrected chi connectivity index (χ3v) is 3.69. The van der Waals surface area contributed by atoms with Crippen LogP contribution in [0.25, 0.3) is 0 Å². The summed E-state index contributed by atoms with van der Waals surface area (Å²) < 4.78 is 5.79. The first-order chi connectivity index (χ1) is 9.19. The Kier molecular flexibility index (Phi) is 5.08. The van der Waals surface area contributed by atoms with E-state index in [0.717, 1.165) is 38.3 Å². The van der Waals surface area contributed by atoms with Gasteiger partial charge in [0.05, 0.1) is 6.61 Å². The standard InChI is InChI=1S/C16H25NO2/c1-13(2)7-9-19-16-5-3-4-15(10-16)17-8-6-14(11-17)12-18/h3-5,10,13-14,18H,6-9,11-12H2,1-2H3. The molecule has 106 valence electrons. The van der Waals surface area contributed by atoms with Gasteiger partial charge in [0, 0.05) is 37.4 Å². The van der Waals surface area contributed by atoms with Gasteiger partial charge in [0.2, 0.25) is 0 Å². The Morgan fingerprint density at radius 2 is 2.26 bits per heavy atom. The van der Waals surface area contributed by atoms with Crippen molar-refractivity contribution in [2.75, 3.05) is 31.2 Å². The van der Waals surface area contributed by atoms with Gasteiger partial charge in [0.1, 0.15) is 5.75 Å². The topological polar surface area (TPSA) is 32.7 Å². The molecule has 19 heavy (non-hydrogen) atoms. The molecule has 1 aromatic carbocycles. The number of aliphatic hydroxyl groups excluding tert-OH is 1. The molecule has 0 aliphatic carbocycles. The molecule has 1 saturated heterocycles. The predicted octanol–water partition coefficient (Wildman–Crippen LogP) is 2.93. The highest BCUT2D eigenvalue weighted by atomic mass is 16.5. The second-order valence-electron chi connectivity index (χ2n) is 5.81. The fourth-order valence-corrected chi connectivity index (χ4v) is 2.40. The van der Waals surface area contributed by atoms with Gasteiger partial charge < -0.3 is 14.7 Å². The zero-order valence-corrected chi connectivity index (χ0v) is 12.0. The molecule has 1 fully saturated rings. The molecule has 0 bridgehead atoms. The number of nitrogens with zero attached hydrogens (tertiary/aromatic N) is 1. The SMILES string of the molecule is CC(C)CCOc1cccc(N2CCC(CO)C2)c1. The van der Waals surface area contributed by atoms with Crippen LogP contribution in [0.2, 0.25) is 0 Å². The van der Waals surface area contributed by atoms with Crippen LogP contribution in [0.3, 0.4) is 0 Å². The molecule has 0 radical (unpaired) electrons. The lowest BCUT2D eigenvalue weighted by Gasteiger charge is -2.19. The van der Waals surface area contributed by atoms with Crippen molar-refractivity contribution in [1.29, 1.82) is 0 Å². The summed E-state index contributed by atoms with van der Waals surface area (Å²) in [5, 5.41) is 9.20. The van der Waals surface area contributed by atoms with Crippen LogP contribution < -0.4 is 9.64 Å². The summed E-state index contributed by atoms with van der Waals surface area (Å²) in [5.41, 5.74) is 1.21. The summed E-state index contributed by atoms with van der Waals surface area (Å²) in [6.07, 6.45) is 2.16. The third-order valence-electron chi connectivity index (χ3n) is 3.69. The van der Waals surface area contributed by atoms with Crippen molar-refractivity contribution < 1.29 is 9.84 Å². The number of anilines is 1. The van der Waals surface area contributed by atoms with E-state index in [1.807, 2.05) is 12.1 Å². The van der Waals surface area contributed by atoms with E-state index in [0.29, 0.717) is 18.4 Å². The summed E-state index contributed by atoms with van der Waals surface area (Å²) >= 11 is 0. The van der Waals surface area contributed by atoms with Gasteiger partial charge in [-0.1, -0.05) is 19.9 Å². The molecule has 3 heteroatoms.